The molecule has 0 amide bonds. The molecule has 9 atom stereocenters. The second-order valence-electron chi connectivity index (χ2n) is 11.2. The van der Waals surface area contributed by atoms with E-state index in [2.05, 4.69) is 26.0 Å². The zero-order valence-corrected chi connectivity index (χ0v) is 16.9. The highest BCUT2D eigenvalue weighted by molar-refractivity contribution is 5.91. The van der Waals surface area contributed by atoms with Crippen LogP contribution in [-0.2, 0) is 4.79 Å². The number of hydrogen-bond donors (Lipinski definition) is 0. The van der Waals surface area contributed by atoms with Gasteiger partial charge in [0.1, 0.15) is 0 Å². The normalized spacial score (nSPS) is 55.5. The lowest BCUT2D eigenvalue weighted by Gasteiger charge is -2.59. The van der Waals surface area contributed by atoms with Gasteiger partial charge < -0.3 is 0 Å². The van der Waals surface area contributed by atoms with Gasteiger partial charge in [0, 0.05) is 6.42 Å². The molecule has 5 saturated carbocycles. The minimum Gasteiger partial charge on any atom is -0.295 e. The molecule has 2 heteroatoms. The number of carbonyl (C=O) groups is 1. The van der Waals surface area contributed by atoms with Crippen molar-refractivity contribution in [1.29, 1.82) is 5.26 Å². The molecule has 6 aliphatic rings. The van der Waals surface area contributed by atoms with Gasteiger partial charge in [-0.2, -0.15) is 5.26 Å². The Morgan fingerprint density at radius 3 is 2.70 bits per heavy atom. The fourth-order valence-corrected chi connectivity index (χ4v) is 9.39. The van der Waals surface area contributed by atoms with Crippen LogP contribution in [0.4, 0.5) is 0 Å². The molecule has 144 valence electrons. The van der Waals surface area contributed by atoms with E-state index < -0.39 is 0 Å². The molecule has 0 saturated heterocycles. The van der Waals surface area contributed by atoms with Crippen molar-refractivity contribution in [3.63, 3.8) is 0 Å². The van der Waals surface area contributed by atoms with Crippen LogP contribution in [-0.4, -0.2) is 5.78 Å². The van der Waals surface area contributed by atoms with Gasteiger partial charge in [0.25, 0.3) is 0 Å². The minimum atomic E-state index is -0.0555. The van der Waals surface area contributed by atoms with Crippen molar-refractivity contribution < 1.29 is 4.79 Å². The Morgan fingerprint density at radius 2 is 2.00 bits per heavy atom. The smallest absolute Gasteiger partial charge is 0.155 e. The third-order valence-electron chi connectivity index (χ3n) is 10.6. The molecular formula is C25H33NO. The summed E-state index contributed by atoms with van der Waals surface area (Å²) in [6.07, 6.45) is 12.9. The van der Waals surface area contributed by atoms with E-state index in [1.807, 2.05) is 0 Å². The highest BCUT2D eigenvalue weighted by Gasteiger charge is 2.76. The van der Waals surface area contributed by atoms with Crippen molar-refractivity contribution in [2.24, 2.45) is 58.2 Å². The maximum Gasteiger partial charge on any atom is 0.155 e. The first kappa shape index (κ1) is 16.8. The van der Waals surface area contributed by atoms with Crippen LogP contribution in [0.25, 0.3) is 0 Å². The SMILES string of the molecule is CC[C@]1(C#N)[C@H]2C[C@H]2[C@H]2[C@H]3[C@H](CC[C@@]21C)[C@H]1CCC(=O)C=C1C[C@H]3C1CC1. The van der Waals surface area contributed by atoms with Gasteiger partial charge in [-0.3, -0.25) is 4.79 Å². The van der Waals surface area contributed by atoms with Gasteiger partial charge in [-0.1, -0.05) is 19.4 Å². The van der Waals surface area contributed by atoms with Crippen LogP contribution in [0.1, 0.15) is 71.6 Å². The molecule has 6 rings (SSSR count). The second-order valence-corrected chi connectivity index (χ2v) is 11.2. The van der Waals surface area contributed by atoms with Crippen LogP contribution in [0.15, 0.2) is 11.6 Å². The number of carbonyl (C=O) groups excluding carboxylic acids is 1. The first-order valence-corrected chi connectivity index (χ1v) is 11.7. The number of hydrogen-bond acceptors (Lipinski definition) is 2. The first-order valence-electron chi connectivity index (χ1n) is 11.7. The second kappa shape index (κ2) is 5.28. The lowest BCUT2D eigenvalue weighted by atomic mass is 9.44. The molecule has 2 nitrogen and oxygen atoms in total. The Kier molecular flexibility index (Phi) is 3.29. The standard InChI is InChI=1S/C25H33NO/c1-3-25(13-26)21-12-20(21)23-22-18(8-9-24(23,25)2)17-7-6-16(27)10-15(17)11-19(22)14-4-5-14/h10,14,17-23H,3-9,11-12H2,1-2H3/t17-,18+,19-,20+,21-,22-,23-,24-,25-/m0/s1. The van der Waals surface area contributed by atoms with Crippen LogP contribution in [0, 0.1) is 69.5 Å². The molecule has 0 unspecified atom stereocenters. The zero-order chi connectivity index (χ0) is 18.6. The largest absolute Gasteiger partial charge is 0.295 e. The Balaban J connectivity index is 1.44. The minimum absolute atomic E-state index is 0.0555. The Labute approximate surface area is 163 Å². The van der Waals surface area contributed by atoms with Crippen molar-refractivity contribution in [1.82, 2.24) is 0 Å². The average Bonchev–Trinajstić information content (AvgIpc) is 3.57. The van der Waals surface area contributed by atoms with Crippen molar-refractivity contribution in [2.45, 2.75) is 71.6 Å². The molecule has 0 spiro atoms. The molecule has 0 aromatic heterocycles. The van der Waals surface area contributed by atoms with E-state index >= 15 is 0 Å². The fourth-order valence-electron chi connectivity index (χ4n) is 9.39. The summed E-state index contributed by atoms with van der Waals surface area (Å²) >= 11 is 0. The summed E-state index contributed by atoms with van der Waals surface area (Å²) in [6, 6.07) is 2.92. The third kappa shape index (κ3) is 1.95. The number of nitrogens with zero attached hydrogens (tertiary/aromatic N) is 1. The predicted octanol–water partition coefficient (Wildman–Crippen LogP) is 5.54. The monoisotopic (exact) mass is 363 g/mol. The van der Waals surface area contributed by atoms with E-state index in [0.717, 1.165) is 54.8 Å². The highest BCUT2D eigenvalue weighted by atomic mass is 16.1. The lowest BCUT2D eigenvalue weighted by molar-refractivity contribution is -0.117. The van der Waals surface area contributed by atoms with Gasteiger partial charge in [0.2, 0.25) is 0 Å². The summed E-state index contributed by atoms with van der Waals surface area (Å²) in [6.45, 7) is 4.80. The Morgan fingerprint density at radius 1 is 1.19 bits per heavy atom. The van der Waals surface area contributed by atoms with Gasteiger partial charge in [-0.15, -0.1) is 0 Å². The summed E-state index contributed by atoms with van der Waals surface area (Å²) in [4.78, 5) is 12.1. The number of rotatable bonds is 2. The van der Waals surface area contributed by atoms with Gasteiger partial charge in [0.05, 0.1) is 11.5 Å². The first-order chi connectivity index (χ1) is 13.0. The van der Waals surface area contributed by atoms with Crippen molar-refractivity contribution in [2.75, 3.05) is 0 Å². The average molecular weight is 364 g/mol. The van der Waals surface area contributed by atoms with Crippen LogP contribution in [0.3, 0.4) is 0 Å². The van der Waals surface area contributed by atoms with Gasteiger partial charge in [0.15, 0.2) is 5.78 Å². The maximum absolute atomic E-state index is 12.1. The number of nitriles is 1. The van der Waals surface area contributed by atoms with E-state index in [0.29, 0.717) is 17.6 Å². The molecular weight excluding hydrogens is 330 g/mol. The molecule has 0 radical (unpaired) electrons. The topological polar surface area (TPSA) is 40.9 Å². The summed E-state index contributed by atoms with van der Waals surface area (Å²) in [5, 5.41) is 10.3. The molecule has 0 aromatic carbocycles. The van der Waals surface area contributed by atoms with E-state index in [-0.39, 0.29) is 10.8 Å². The van der Waals surface area contributed by atoms with Gasteiger partial charge in [-0.05, 0) is 110 Å². The number of fused-ring (bicyclic) bond motifs is 7. The Bertz CT molecular complexity index is 772. The lowest BCUT2D eigenvalue weighted by Crippen LogP contribution is -2.54. The van der Waals surface area contributed by atoms with E-state index in [1.165, 1.54) is 44.1 Å². The molecule has 6 aliphatic carbocycles. The maximum atomic E-state index is 12.1. The van der Waals surface area contributed by atoms with E-state index in [4.69, 9.17) is 0 Å². The third-order valence-corrected chi connectivity index (χ3v) is 10.6. The van der Waals surface area contributed by atoms with Gasteiger partial charge >= 0.3 is 0 Å². The van der Waals surface area contributed by atoms with E-state index in [1.54, 1.807) is 0 Å². The molecule has 0 N–H and O–H groups in total. The number of ketones is 1. The predicted molar refractivity (Wildman–Crippen MR) is 104 cm³/mol. The van der Waals surface area contributed by atoms with Crippen LogP contribution >= 0.6 is 0 Å². The molecule has 27 heavy (non-hydrogen) atoms. The van der Waals surface area contributed by atoms with Crippen molar-refractivity contribution >= 4 is 5.78 Å². The van der Waals surface area contributed by atoms with Crippen molar-refractivity contribution in [3.05, 3.63) is 11.6 Å². The van der Waals surface area contributed by atoms with Gasteiger partial charge in [-0.25, -0.2) is 0 Å². The summed E-state index contributed by atoms with van der Waals surface area (Å²) < 4.78 is 0. The van der Waals surface area contributed by atoms with Crippen LogP contribution in [0.5, 0.6) is 0 Å². The molecule has 0 bridgehead atoms. The Hall–Kier alpha value is -1.10. The highest BCUT2D eigenvalue weighted by Crippen LogP contribution is 2.80. The summed E-state index contributed by atoms with van der Waals surface area (Å²) in [5.41, 5.74) is 1.71. The zero-order valence-electron chi connectivity index (χ0n) is 16.9. The van der Waals surface area contributed by atoms with Crippen LogP contribution < -0.4 is 0 Å². The molecule has 0 heterocycles. The molecule has 0 aromatic rings. The van der Waals surface area contributed by atoms with Crippen molar-refractivity contribution in [3.8, 4) is 6.07 Å². The summed E-state index contributed by atoms with van der Waals surface area (Å²) in [5.74, 6) is 6.72. The van der Waals surface area contributed by atoms with Crippen LogP contribution in [0.2, 0.25) is 0 Å². The summed E-state index contributed by atoms with van der Waals surface area (Å²) in [7, 11) is 0. The number of allylic oxidation sites excluding steroid dienone is 1. The quantitative estimate of drug-likeness (QED) is 0.646. The fraction of sp³-hybridized carbons (Fsp3) is 0.840. The van der Waals surface area contributed by atoms with E-state index in [9.17, 15) is 10.1 Å². The molecule has 5 fully saturated rings. The molecule has 0 aliphatic heterocycles.